The number of ether oxygens (including phenoxy) is 2. The minimum Gasteiger partial charge on any atom is -0.457 e. The lowest BCUT2D eigenvalue weighted by Crippen LogP contribution is -2.14. The van der Waals surface area contributed by atoms with E-state index < -0.39 is 0 Å². The van der Waals surface area contributed by atoms with Gasteiger partial charge in [-0.3, -0.25) is 0 Å². The fourth-order valence-electron chi connectivity index (χ4n) is 2.69. The molecule has 0 amide bonds. The van der Waals surface area contributed by atoms with Gasteiger partial charge in [0.15, 0.2) is 0 Å². The van der Waals surface area contributed by atoms with Crippen LogP contribution in [0.25, 0.3) is 0 Å². The monoisotopic (exact) mass is 366 g/mol. The van der Waals surface area contributed by atoms with Gasteiger partial charge in [-0.2, -0.15) is 0 Å². The summed E-state index contributed by atoms with van der Waals surface area (Å²) in [5.74, 6) is 1.63. The molecule has 0 bridgehead atoms. The maximum Gasteiger partial charge on any atom is 0.130 e. The van der Waals surface area contributed by atoms with Crippen LogP contribution in [-0.2, 0) is 4.74 Å². The van der Waals surface area contributed by atoms with Crippen molar-refractivity contribution in [3.05, 3.63) is 65.7 Å². The first-order valence-electron chi connectivity index (χ1n) is 9.25. The molecule has 2 aromatic carbocycles. The summed E-state index contributed by atoms with van der Waals surface area (Å²) in [5.41, 5.74) is 4.16. The molecule has 27 heavy (non-hydrogen) atoms. The quantitative estimate of drug-likeness (QED) is 0.311. The Labute approximate surface area is 163 Å². The van der Waals surface area contributed by atoms with Crippen LogP contribution in [0.15, 0.2) is 54.0 Å². The predicted molar refractivity (Wildman–Crippen MR) is 113 cm³/mol. The highest BCUT2D eigenvalue weighted by Gasteiger charge is 2.11. The van der Waals surface area contributed by atoms with Gasteiger partial charge in [0.1, 0.15) is 11.5 Å². The fraction of sp³-hybridized carbons (Fsp3) is 0.348. The van der Waals surface area contributed by atoms with E-state index in [0.717, 1.165) is 46.8 Å². The van der Waals surface area contributed by atoms with Crippen molar-refractivity contribution in [2.45, 2.75) is 33.3 Å². The van der Waals surface area contributed by atoms with E-state index in [1.54, 1.807) is 7.11 Å². The van der Waals surface area contributed by atoms with Gasteiger partial charge >= 0.3 is 0 Å². The first kappa shape index (κ1) is 20.7. The molecule has 0 aliphatic carbocycles. The average Bonchev–Trinajstić information content (AvgIpc) is 2.67. The van der Waals surface area contributed by atoms with Gasteiger partial charge in [-0.05, 0) is 68.1 Å². The Morgan fingerprint density at radius 1 is 1.19 bits per heavy atom. The molecule has 2 rings (SSSR count). The predicted octanol–water partition coefficient (Wildman–Crippen LogP) is 5.97. The fourth-order valence-corrected chi connectivity index (χ4v) is 2.69. The van der Waals surface area contributed by atoms with Crippen molar-refractivity contribution in [2.24, 2.45) is 4.99 Å². The van der Waals surface area contributed by atoms with E-state index in [-0.39, 0.29) is 6.10 Å². The van der Waals surface area contributed by atoms with E-state index in [2.05, 4.69) is 24.6 Å². The molecule has 0 heterocycles. The summed E-state index contributed by atoms with van der Waals surface area (Å²) >= 11 is 0. The molecule has 1 atom stereocenters. The molecular weight excluding hydrogens is 336 g/mol. The minimum absolute atomic E-state index is 0.0128. The SMILES string of the molecule is C=CCC(OC)c1cccc(Oc2cc(C)c(/N=C/N(C)CC)cc2C)c1. The molecule has 0 N–H and O–H groups in total. The lowest BCUT2D eigenvalue weighted by atomic mass is 10.1. The number of hydrogen-bond acceptors (Lipinski definition) is 3. The molecule has 0 aromatic heterocycles. The summed E-state index contributed by atoms with van der Waals surface area (Å²) in [6.07, 6.45) is 4.47. The van der Waals surface area contributed by atoms with E-state index >= 15 is 0 Å². The zero-order valence-electron chi connectivity index (χ0n) is 17.0. The number of benzene rings is 2. The second-order valence-electron chi connectivity index (χ2n) is 6.65. The van der Waals surface area contributed by atoms with E-state index in [4.69, 9.17) is 9.47 Å². The maximum absolute atomic E-state index is 6.16. The number of rotatable bonds is 9. The Morgan fingerprint density at radius 3 is 2.63 bits per heavy atom. The number of aliphatic imine (C=N–C) groups is 1. The van der Waals surface area contributed by atoms with Gasteiger partial charge in [0.25, 0.3) is 0 Å². The summed E-state index contributed by atoms with van der Waals surface area (Å²) in [7, 11) is 3.72. The van der Waals surface area contributed by atoms with Crippen molar-refractivity contribution < 1.29 is 9.47 Å². The van der Waals surface area contributed by atoms with Crippen LogP contribution in [0.5, 0.6) is 11.5 Å². The van der Waals surface area contributed by atoms with E-state index in [1.807, 2.05) is 68.5 Å². The van der Waals surface area contributed by atoms with Gasteiger partial charge in [-0.1, -0.05) is 18.2 Å². The number of methoxy groups -OCH3 is 1. The van der Waals surface area contributed by atoms with Crippen molar-refractivity contribution in [2.75, 3.05) is 20.7 Å². The molecule has 4 heteroatoms. The lowest BCUT2D eigenvalue weighted by molar-refractivity contribution is 0.106. The van der Waals surface area contributed by atoms with Gasteiger partial charge in [-0.15, -0.1) is 6.58 Å². The van der Waals surface area contributed by atoms with Crippen molar-refractivity contribution >= 4 is 12.0 Å². The number of aryl methyl sites for hydroxylation is 2. The third kappa shape index (κ3) is 5.69. The zero-order valence-corrected chi connectivity index (χ0v) is 17.0. The molecule has 0 saturated heterocycles. The van der Waals surface area contributed by atoms with Crippen LogP contribution in [0.2, 0.25) is 0 Å². The zero-order chi connectivity index (χ0) is 19.8. The summed E-state index contributed by atoms with van der Waals surface area (Å²) in [6.45, 7) is 10.9. The van der Waals surface area contributed by atoms with Crippen molar-refractivity contribution in [1.82, 2.24) is 4.90 Å². The van der Waals surface area contributed by atoms with Crippen LogP contribution in [-0.4, -0.2) is 31.9 Å². The largest absolute Gasteiger partial charge is 0.457 e. The first-order valence-corrected chi connectivity index (χ1v) is 9.25. The molecule has 1 unspecified atom stereocenters. The van der Waals surface area contributed by atoms with Crippen LogP contribution in [0.3, 0.4) is 0 Å². The van der Waals surface area contributed by atoms with Crippen LogP contribution in [0, 0.1) is 13.8 Å². The molecule has 144 valence electrons. The van der Waals surface area contributed by atoms with E-state index in [0.29, 0.717) is 0 Å². The van der Waals surface area contributed by atoms with Gasteiger partial charge in [0, 0.05) is 20.7 Å². The van der Waals surface area contributed by atoms with Gasteiger partial charge in [0.05, 0.1) is 18.1 Å². The summed E-state index contributed by atoms with van der Waals surface area (Å²) in [5, 5.41) is 0. The van der Waals surface area contributed by atoms with Gasteiger partial charge in [0.2, 0.25) is 0 Å². The van der Waals surface area contributed by atoms with Crippen molar-refractivity contribution in [1.29, 1.82) is 0 Å². The van der Waals surface area contributed by atoms with Crippen molar-refractivity contribution in [3.63, 3.8) is 0 Å². The topological polar surface area (TPSA) is 34.1 Å². The molecule has 0 radical (unpaired) electrons. The van der Waals surface area contributed by atoms with Gasteiger partial charge in [-0.25, -0.2) is 4.99 Å². The first-order chi connectivity index (χ1) is 13.0. The highest BCUT2D eigenvalue weighted by molar-refractivity contribution is 5.64. The van der Waals surface area contributed by atoms with E-state index in [1.165, 1.54) is 0 Å². The lowest BCUT2D eigenvalue weighted by Gasteiger charge is -2.16. The maximum atomic E-state index is 6.16. The highest BCUT2D eigenvalue weighted by atomic mass is 16.5. The molecule has 0 fully saturated rings. The van der Waals surface area contributed by atoms with Gasteiger partial charge < -0.3 is 14.4 Å². The molecule has 4 nitrogen and oxygen atoms in total. The second kappa shape index (κ2) is 9.93. The summed E-state index contributed by atoms with van der Waals surface area (Å²) in [4.78, 5) is 6.62. The average molecular weight is 367 g/mol. The molecule has 0 spiro atoms. The second-order valence-corrected chi connectivity index (χ2v) is 6.65. The summed E-state index contributed by atoms with van der Waals surface area (Å²) in [6, 6.07) is 12.1. The molecular formula is C23H30N2O2. The van der Waals surface area contributed by atoms with Crippen LogP contribution >= 0.6 is 0 Å². The molecule has 0 saturated carbocycles. The number of nitrogens with zero attached hydrogens (tertiary/aromatic N) is 2. The molecule has 0 aliphatic rings. The third-order valence-electron chi connectivity index (χ3n) is 4.51. The minimum atomic E-state index is -0.0128. The normalized spacial score (nSPS) is 12.2. The molecule has 2 aromatic rings. The standard InChI is InChI=1S/C23H30N2O2/c1-7-10-22(26-6)19-11-9-12-20(15-19)27-23-14-17(3)21(13-18(23)4)24-16-25(5)8-2/h7,9,11-16,22H,1,8,10H2,2-6H3/b24-16+. The van der Waals surface area contributed by atoms with Crippen LogP contribution in [0.4, 0.5) is 5.69 Å². The third-order valence-corrected chi connectivity index (χ3v) is 4.51. The smallest absolute Gasteiger partial charge is 0.130 e. The Balaban J connectivity index is 2.24. The Bertz CT molecular complexity index is 799. The van der Waals surface area contributed by atoms with E-state index in [9.17, 15) is 0 Å². The Morgan fingerprint density at radius 2 is 1.96 bits per heavy atom. The molecule has 0 aliphatic heterocycles. The Kier molecular flexibility index (Phi) is 7.62. The highest BCUT2D eigenvalue weighted by Crippen LogP contribution is 2.33. The number of hydrogen-bond donors (Lipinski definition) is 0. The Hall–Kier alpha value is -2.59. The van der Waals surface area contributed by atoms with Crippen molar-refractivity contribution in [3.8, 4) is 11.5 Å². The van der Waals surface area contributed by atoms with Crippen LogP contribution < -0.4 is 4.74 Å². The van der Waals surface area contributed by atoms with Crippen LogP contribution in [0.1, 0.15) is 36.1 Å². The summed E-state index contributed by atoms with van der Waals surface area (Å²) < 4.78 is 11.7.